The van der Waals surface area contributed by atoms with E-state index in [2.05, 4.69) is 20.3 Å². The molecule has 0 aliphatic heterocycles. The van der Waals surface area contributed by atoms with Gasteiger partial charge in [-0.2, -0.15) is 15.3 Å². The summed E-state index contributed by atoms with van der Waals surface area (Å²) in [6.07, 6.45) is 1.48. The molecule has 0 saturated heterocycles. The molecule has 0 atom stereocenters. The fourth-order valence-electron chi connectivity index (χ4n) is 1.04. The molecular formula is C8H8N6O. The third-order valence-corrected chi connectivity index (χ3v) is 1.80. The molecule has 0 radical (unpaired) electrons. The maximum absolute atomic E-state index is 8.76. The molecule has 0 saturated carbocycles. The van der Waals surface area contributed by atoms with Crippen molar-refractivity contribution in [3.8, 4) is 17.5 Å². The molecule has 0 aromatic carbocycles. The molecule has 0 unspecified atom stereocenters. The van der Waals surface area contributed by atoms with Crippen LogP contribution in [0.15, 0.2) is 10.7 Å². The minimum absolute atomic E-state index is 0.281. The van der Waals surface area contributed by atoms with Crippen LogP contribution in [0, 0.1) is 11.3 Å². The molecule has 0 amide bonds. The van der Waals surface area contributed by atoms with Gasteiger partial charge in [-0.3, -0.25) is 5.10 Å². The Morgan fingerprint density at radius 2 is 2.33 bits per heavy atom. The molecule has 7 heteroatoms. The first-order chi connectivity index (χ1) is 7.22. The summed E-state index contributed by atoms with van der Waals surface area (Å²) in [7, 11) is 3.60. The maximum atomic E-state index is 8.76. The van der Waals surface area contributed by atoms with Gasteiger partial charge in [0.2, 0.25) is 0 Å². The second-order valence-electron chi connectivity index (χ2n) is 3.06. The van der Waals surface area contributed by atoms with Crippen LogP contribution in [0.25, 0.3) is 11.5 Å². The Labute approximate surface area is 85.3 Å². The molecule has 0 aliphatic carbocycles. The highest BCUT2D eigenvalue weighted by Crippen LogP contribution is 2.20. The van der Waals surface area contributed by atoms with Crippen molar-refractivity contribution in [2.24, 2.45) is 0 Å². The fourth-order valence-corrected chi connectivity index (χ4v) is 1.04. The first-order valence-electron chi connectivity index (χ1n) is 4.17. The zero-order valence-corrected chi connectivity index (χ0v) is 8.22. The van der Waals surface area contributed by atoms with E-state index in [1.165, 1.54) is 6.20 Å². The number of H-pyrrole nitrogens is 1. The van der Waals surface area contributed by atoms with Crippen molar-refractivity contribution < 1.29 is 4.52 Å². The first kappa shape index (κ1) is 9.21. The highest BCUT2D eigenvalue weighted by molar-refractivity contribution is 5.60. The van der Waals surface area contributed by atoms with E-state index in [0.717, 1.165) is 0 Å². The molecule has 2 aromatic rings. The molecule has 2 heterocycles. The van der Waals surface area contributed by atoms with Crippen molar-refractivity contribution in [1.29, 1.82) is 5.26 Å². The Bertz CT molecular complexity index is 505. The quantitative estimate of drug-likeness (QED) is 0.760. The third kappa shape index (κ3) is 1.52. The van der Waals surface area contributed by atoms with Gasteiger partial charge in [-0.25, -0.2) is 0 Å². The van der Waals surface area contributed by atoms with Gasteiger partial charge in [0.1, 0.15) is 11.8 Å². The lowest BCUT2D eigenvalue weighted by Gasteiger charge is -2.02. The minimum Gasteiger partial charge on any atom is -0.344 e. The predicted molar refractivity (Wildman–Crippen MR) is 50.9 cm³/mol. The molecular weight excluding hydrogens is 196 g/mol. The zero-order valence-electron chi connectivity index (χ0n) is 8.22. The lowest BCUT2D eigenvalue weighted by molar-refractivity contribution is 0.430. The van der Waals surface area contributed by atoms with E-state index in [0.29, 0.717) is 17.2 Å². The average molecular weight is 204 g/mol. The van der Waals surface area contributed by atoms with Gasteiger partial charge >= 0.3 is 0 Å². The van der Waals surface area contributed by atoms with Gasteiger partial charge in [-0.05, 0) is 5.16 Å². The van der Waals surface area contributed by atoms with Crippen LogP contribution in [-0.2, 0) is 0 Å². The summed E-state index contributed by atoms with van der Waals surface area (Å²) < 4.78 is 5.00. The summed E-state index contributed by atoms with van der Waals surface area (Å²) >= 11 is 0. The number of nitrogens with zero attached hydrogens (tertiary/aromatic N) is 5. The van der Waals surface area contributed by atoms with E-state index in [4.69, 9.17) is 9.78 Å². The number of nitriles is 1. The van der Waals surface area contributed by atoms with Gasteiger partial charge in [0.25, 0.3) is 11.8 Å². The highest BCUT2D eigenvalue weighted by atomic mass is 16.5. The zero-order chi connectivity index (χ0) is 10.8. The number of aromatic nitrogens is 4. The van der Waals surface area contributed by atoms with Crippen molar-refractivity contribution in [2.75, 3.05) is 19.0 Å². The summed E-state index contributed by atoms with van der Waals surface area (Å²) in [6.45, 7) is 0. The predicted octanol–water partition coefficient (Wildman–Crippen LogP) is 0.397. The lowest BCUT2D eigenvalue weighted by Crippen LogP contribution is -2.10. The van der Waals surface area contributed by atoms with Gasteiger partial charge in [-0.15, -0.1) is 0 Å². The standard InChI is InChI=1S/C8H8N6O/c1-14(2)8-11-7(15-13-8)5-4-10-12-6(5)3-9/h4H,1-2H3,(H,10,12). The van der Waals surface area contributed by atoms with Crippen molar-refractivity contribution >= 4 is 5.95 Å². The highest BCUT2D eigenvalue weighted by Gasteiger charge is 2.15. The second kappa shape index (κ2) is 3.42. The Kier molecular flexibility index (Phi) is 2.10. The van der Waals surface area contributed by atoms with E-state index in [1.807, 2.05) is 6.07 Å². The van der Waals surface area contributed by atoms with Crippen LogP contribution in [-0.4, -0.2) is 34.4 Å². The molecule has 0 spiro atoms. The van der Waals surface area contributed by atoms with Crippen LogP contribution >= 0.6 is 0 Å². The summed E-state index contributed by atoms with van der Waals surface area (Å²) in [4.78, 5) is 5.81. The van der Waals surface area contributed by atoms with Crippen molar-refractivity contribution in [3.05, 3.63) is 11.9 Å². The molecule has 0 fully saturated rings. The Balaban J connectivity index is 2.42. The smallest absolute Gasteiger partial charge is 0.265 e. The van der Waals surface area contributed by atoms with Crippen molar-refractivity contribution in [2.45, 2.75) is 0 Å². The largest absolute Gasteiger partial charge is 0.344 e. The second-order valence-corrected chi connectivity index (χ2v) is 3.06. The van der Waals surface area contributed by atoms with Crippen LogP contribution in [0.2, 0.25) is 0 Å². The van der Waals surface area contributed by atoms with Gasteiger partial charge in [-0.1, -0.05) is 0 Å². The van der Waals surface area contributed by atoms with Crippen LogP contribution in [0.4, 0.5) is 5.95 Å². The average Bonchev–Trinajstić information content (AvgIpc) is 2.85. The van der Waals surface area contributed by atoms with E-state index in [9.17, 15) is 0 Å². The summed E-state index contributed by atoms with van der Waals surface area (Å²) in [5.41, 5.74) is 0.821. The molecule has 2 rings (SSSR count). The van der Waals surface area contributed by atoms with Crippen LogP contribution in [0.5, 0.6) is 0 Å². The third-order valence-electron chi connectivity index (χ3n) is 1.80. The normalized spacial score (nSPS) is 9.93. The number of hydrogen-bond acceptors (Lipinski definition) is 6. The van der Waals surface area contributed by atoms with Gasteiger partial charge in [0, 0.05) is 14.1 Å². The first-order valence-corrected chi connectivity index (χ1v) is 4.17. The molecule has 15 heavy (non-hydrogen) atoms. The Morgan fingerprint density at radius 1 is 1.53 bits per heavy atom. The molecule has 76 valence electrons. The number of anilines is 1. The lowest BCUT2D eigenvalue weighted by atomic mass is 10.2. The number of hydrogen-bond donors (Lipinski definition) is 1. The topological polar surface area (TPSA) is 94.6 Å². The molecule has 0 aliphatic rings. The Hall–Kier alpha value is -2.36. The Morgan fingerprint density at radius 3 is 2.93 bits per heavy atom. The molecule has 1 N–H and O–H groups in total. The fraction of sp³-hybridized carbons (Fsp3) is 0.250. The van der Waals surface area contributed by atoms with E-state index >= 15 is 0 Å². The SMILES string of the molecule is CN(C)c1noc(-c2cn[nH]c2C#N)n1. The number of aromatic amines is 1. The van der Waals surface area contributed by atoms with Gasteiger partial charge in [0.15, 0.2) is 0 Å². The molecule has 0 bridgehead atoms. The summed E-state index contributed by atoms with van der Waals surface area (Å²) in [5, 5.41) is 18.8. The van der Waals surface area contributed by atoms with Crippen LogP contribution in [0.3, 0.4) is 0 Å². The van der Waals surface area contributed by atoms with Crippen LogP contribution in [0.1, 0.15) is 5.69 Å². The van der Waals surface area contributed by atoms with Gasteiger partial charge in [0.05, 0.1) is 11.8 Å². The number of nitrogens with one attached hydrogen (secondary N) is 1. The van der Waals surface area contributed by atoms with E-state index in [1.54, 1.807) is 19.0 Å². The number of rotatable bonds is 2. The van der Waals surface area contributed by atoms with Crippen molar-refractivity contribution in [3.63, 3.8) is 0 Å². The minimum atomic E-state index is 0.281. The van der Waals surface area contributed by atoms with Gasteiger partial charge < -0.3 is 9.42 Å². The maximum Gasteiger partial charge on any atom is 0.265 e. The van der Waals surface area contributed by atoms with E-state index < -0.39 is 0 Å². The molecule has 2 aromatic heterocycles. The van der Waals surface area contributed by atoms with E-state index in [-0.39, 0.29) is 5.89 Å². The van der Waals surface area contributed by atoms with Crippen LogP contribution < -0.4 is 4.90 Å². The summed E-state index contributed by atoms with van der Waals surface area (Å²) in [5.74, 6) is 0.735. The summed E-state index contributed by atoms with van der Waals surface area (Å²) in [6, 6.07) is 1.95. The monoisotopic (exact) mass is 204 g/mol. The molecule has 7 nitrogen and oxygen atoms in total. The van der Waals surface area contributed by atoms with Crippen molar-refractivity contribution in [1.82, 2.24) is 20.3 Å².